The van der Waals surface area contributed by atoms with E-state index in [2.05, 4.69) is 21.1 Å². The summed E-state index contributed by atoms with van der Waals surface area (Å²) < 4.78 is 10.5. The van der Waals surface area contributed by atoms with E-state index in [0.29, 0.717) is 32.2 Å². The number of ketones is 1. The lowest BCUT2D eigenvalue weighted by atomic mass is 9.98. The summed E-state index contributed by atoms with van der Waals surface area (Å²) in [6, 6.07) is -1.92. The second kappa shape index (κ2) is 11.8. The van der Waals surface area contributed by atoms with E-state index in [0.717, 1.165) is 11.3 Å². The number of fused-ring (bicyclic) bond motifs is 1. The molecule has 3 N–H and O–H groups in total. The average molecular weight is 465 g/mol. The van der Waals surface area contributed by atoms with Crippen molar-refractivity contribution in [2.24, 2.45) is 11.3 Å². The number of Topliss-reactive ketones (excluding diaryl/α,β-unsaturated/α-hetero) is 1. The molecule has 1 aliphatic rings. The van der Waals surface area contributed by atoms with Gasteiger partial charge in [0.05, 0.1) is 18.8 Å². The molecule has 1 aliphatic heterocycles. The van der Waals surface area contributed by atoms with Crippen molar-refractivity contribution in [2.75, 3.05) is 13.2 Å². The lowest BCUT2D eigenvalue weighted by Gasteiger charge is -2.25. The topological polar surface area (TPSA) is 140 Å². The first-order chi connectivity index (χ1) is 15.5. The van der Waals surface area contributed by atoms with Gasteiger partial charge in [-0.2, -0.15) is 0 Å². The van der Waals surface area contributed by atoms with Crippen LogP contribution in [0.3, 0.4) is 0 Å². The van der Waals surface area contributed by atoms with Crippen LogP contribution in [-0.2, 0) is 32.0 Å². The number of carbonyl (C=O) groups excluding carboxylic acids is 4. The van der Waals surface area contributed by atoms with Gasteiger partial charge in [-0.05, 0) is 37.0 Å². The molecule has 10 nitrogen and oxygen atoms in total. The number of ether oxygens (including phenoxy) is 1. The molecule has 2 heterocycles. The minimum Gasteiger partial charge on any atom is -0.449 e. The molecule has 0 aromatic carbocycles. The molecule has 1 aromatic heterocycles. The summed E-state index contributed by atoms with van der Waals surface area (Å²) in [6.07, 6.45) is 3.61. The van der Waals surface area contributed by atoms with Crippen LogP contribution in [0.25, 0.3) is 0 Å². The number of aromatic nitrogens is 1. The van der Waals surface area contributed by atoms with Crippen LogP contribution in [0.5, 0.6) is 0 Å². The van der Waals surface area contributed by atoms with Crippen LogP contribution in [0.15, 0.2) is 10.7 Å². The van der Waals surface area contributed by atoms with Gasteiger partial charge in [-0.3, -0.25) is 14.4 Å². The van der Waals surface area contributed by atoms with Crippen LogP contribution >= 0.6 is 0 Å². The van der Waals surface area contributed by atoms with Crippen molar-refractivity contribution >= 4 is 23.7 Å². The number of nitrogens with one attached hydrogen (secondary N) is 3. The van der Waals surface area contributed by atoms with E-state index in [-0.39, 0.29) is 24.4 Å². The zero-order valence-electron chi connectivity index (χ0n) is 20.2. The van der Waals surface area contributed by atoms with Crippen LogP contribution in [0.4, 0.5) is 4.79 Å². The molecule has 0 aliphatic carbocycles. The first kappa shape index (κ1) is 26.3. The van der Waals surface area contributed by atoms with Crippen molar-refractivity contribution < 1.29 is 28.4 Å². The second-order valence-corrected chi connectivity index (χ2v) is 9.95. The third-order valence-electron chi connectivity index (χ3n) is 5.25. The number of nitrogens with zero attached hydrogens (tertiary/aromatic N) is 1. The summed E-state index contributed by atoms with van der Waals surface area (Å²) in [7, 11) is 0. The Kier molecular flexibility index (Phi) is 9.43. The summed E-state index contributed by atoms with van der Waals surface area (Å²) in [5, 5.41) is 11.7. The van der Waals surface area contributed by atoms with Gasteiger partial charge >= 0.3 is 6.09 Å². The SMILES string of the molecule is CC(C)C(NC(=O)OCC(C)(C)C)C(=O)NC1CCCc2cnoc2CCCNC(=O)C1=O. The quantitative estimate of drug-likeness (QED) is 0.566. The molecule has 0 fully saturated rings. The molecule has 33 heavy (non-hydrogen) atoms. The smallest absolute Gasteiger partial charge is 0.407 e. The highest BCUT2D eigenvalue weighted by Crippen LogP contribution is 2.16. The molecule has 3 amide bonds. The van der Waals surface area contributed by atoms with Gasteiger partial charge < -0.3 is 25.2 Å². The Morgan fingerprint density at radius 2 is 1.97 bits per heavy atom. The van der Waals surface area contributed by atoms with Gasteiger partial charge in [0.1, 0.15) is 11.8 Å². The maximum atomic E-state index is 13.0. The summed E-state index contributed by atoms with van der Waals surface area (Å²) in [6.45, 7) is 9.83. The summed E-state index contributed by atoms with van der Waals surface area (Å²) >= 11 is 0. The molecular formula is C23H36N4O6. The second-order valence-electron chi connectivity index (χ2n) is 9.95. The molecule has 0 spiro atoms. The molecule has 2 rings (SSSR count). The van der Waals surface area contributed by atoms with Gasteiger partial charge in [0.25, 0.3) is 5.91 Å². The van der Waals surface area contributed by atoms with Gasteiger partial charge in [0.15, 0.2) is 0 Å². The fourth-order valence-corrected chi connectivity index (χ4v) is 3.40. The lowest BCUT2D eigenvalue weighted by Crippen LogP contribution is -2.55. The Morgan fingerprint density at radius 1 is 1.24 bits per heavy atom. The van der Waals surface area contributed by atoms with Gasteiger partial charge in [0, 0.05) is 18.5 Å². The molecular weight excluding hydrogens is 428 g/mol. The van der Waals surface area contributed by atoms with Crippen LogP contribution < -0.4 is 16.0 Å². The van der Waals surface area contributed by atoms with Gasteiger partial charge in [-0.1, -0.05) is 39.8 Å². The number of carbonyl (C=O) groups is 4. The maximum Gasteiger partial charge on any atom is 0.407 e. The first-order valence-electron chi connectivity index (χ1n) is 11.5. The third-order valence-corrected chi connectivity index (χ3v) is 5.25. The normalized spacial score (nSPS) is 18.9. The zero-order chi connectivity index (χ0) is 24.6. The van der Waals surface area contributed by atoms with Crippen molar-refractivity contribution in [1.82, 2.24) is 21.1 Å². The number of rotatable bonds is 5. The van der Waals surface area contributed by atoms with E-state index in [1.165, 1.54) is 0 Å². The van der Waals surface area contributed by atoms with Crippen LogP contribution in [0.2, 0.25) is 0 Å². The Hall–Kier alpha value is -2.91. The van der Waals surface area contributed by atoms with Crippen molar-refractivity contribution in [3.63, 3.8) is 0 Å². The van der Waals surface area contributed by atoms with E-state index < -0.39 is 35.8 Å². The number of hydrogen-bond acceptors (Lipinski definition) is 7. The lowest BCUT2D eigenvalue weighted by molar-refractivity contribution is -0.140. The number of aryl methyl sites for hydroxylation is 2. The van der Waals surface area contributed by atoms with E-state index in [4.69, 9.17) is 9.26 Å². The minimum atomic E-state index is -1.01. The van der Waals surface area contributed by atoms with E-state index in [9.17, 15) is 19.2 Å². The van der Waals surface area contributed by atoms with Crippen LogP contribution in [-0.4, -0.2) is 54.1 Å². The number of hydrogen-bond donors (Lipinski definition) is 3. The van der Waals surface area contributed by atoms with E-state index in [1.807, 2.05) is 20.8 Å². The van der Waals surface area contributed by atoms with Crippen molar-refractivity contribution in [3.8, 4) is 0 Å². The minimum absolute atomic E-state index is 0.192. The maximum absolute atomic E-state index is 13.0. The molecule has 1 aromatic rings. The first-order valence-corrected chi connectivity index (χ1v) is 11.5. The standard InChI is InChI=1S/C23H36N4O6/c1-14(2)18(27-22(31)32-13-23(3,4)5)20(29)26-16-9-6-8-15-12-25-33-17(15)10-7-11-24-21(30)19(16)28/h12,14,16,18H,6-11,13H2,1-5H3,(H,24,30)(H,26,29)(H,27,31). The number of alkyl carbamates (subject to hydrolysis) is 1. The van der Waals surface area contributed by atoms with Crippen molar-refractivity contribution in [2.45, 2.75) is 78.8 Å². The summed E-state index contributed by atoms with van der Waals surface area (Å²) in [5.41, 5.74) is 0.743. The summed E-state index contributed by atoms with van der Waals surface area (Å²) in [5.74, 6) is -1.47. The zero-order valence-corrected chi connectivity index (χ0v) is 20.2. The summed E-state index contributed by atoms with van der Waals surface area (Å²) in [4.78, 5) is 50.3. The Morgan fingerprint density at radius 3 is 2.64 bits per heavy atom. The van der Waals surface area contributed by atoms with Crippen molar-refractivity contribution in [1.29, 1.82) is 0 Å². The highest BCUT2D eigenvalue weighted by Gasteiger charge is 2.32. The fraction of sp³-hybridized carbons (Fsp3) is 0.696. The third kappa shape index (κ3) is 8.51. The van der Waals surface area contributed by atoms with E-state index >= 15 is 0 Å². The molecule has 0 saturated carbocycles. The molecule has 0 radical (unpaired) electrons. The molecule has 2 unspecified atom stereocenters. The molecule has 184 valence electrons. The predicted molar refractivity (Wildman–Crippen MR) is 120 cm³/mol. The predicted octanol–water partition coefficient (Wildman–Crippen LogP) is 1.91. The molecule has 2 atom stereocenters. The number of amides is 3. The molecule has 0 bridgehead atoms. The Balaban J connectivity index is 2.07. The van der Waals surface area contributed by atoms with Crippen LogP contribution in [0, 0.1) is 11.3 Å². The highest BCUT2D eigenvalue weighted by atomic mass is 16.5. The van der Waals surface area contributed by atoms with Gasteiger partial charge in [-0.15, -0.1) is 0 Å². The molecule has 0 saturated heterocycles. The monoisotopic (exact) mass is 464 g/mol. The average Bonchev–Trinajstić information content (AvgIpc) is 3.17. The van der Waals surface area contributed by atoms with Gasteiger partial charge in [0.2, 0.25) is 11.7 Å². The Labute approximate surface area is 194 Å². The fourth-order valence-electron chi connectivity index (χ4n) is 3.40. The van der Waals surface area contributed by atoms with Crippen LogP contribution in [0.1, 0.15) is 65.2 Å². The van der Waals surface area contributed by atoms with Crippen molar-refractivity contribution in [3.05, 3.63) is 17.5 Å². The van der Waals surface area contributed by atoms with E-state index in [1.54, 1.807) is 20.0 Å². The molecule has 10 heteroatoms. The highest BCUT2D eigenvalue weighted by molar-refractivity contribution is 6.38. The van der Waals surface area contributed by atoms with Gasteiger partial charge in [-0.25, -0.2) is 4.79 Å². The Bertz CT molecular complexity index is 842. The largest absolute Gasteiger partial charge is 0.449 e.